The van der Waals surface area contributed by atoms with Crippen molar-refractivity contribution in [3.63, 3.8) is 0 Å². The Hall–Kier alpha value is -1.90. The summed E-state index contributed by atoms with van der Waals surface area (Å²) < 4.78 is 1.69. The van der Waals surface area contributed by atoms with E-state index in [1.165, 1.54) is 0 Å². The molecule has 72 valence electrons. The van der Waals surface area contributed by atoms with Crippen LogP contribution in [0.25, 0.3) is 0 Å². The molecule has 1 N–H and O–H groups in total. The first-order chi connectivity index (χ1) is 6.63. The van der Waals surface area contributed by atoms with E-state index in [1.54, 1.807) is 22.8 Å². The summed E-state index contributed by atoms with van der Waals surface area (Å²) in [6, 6.07) is 6.84. The SMILES string of the molecule is C=NC(=C)C[N+](=C)c1cccc(O)c1. The van der Waals surface area contributed by atoms with Gasteiger partial charge < -0.3 is 5.11 Å². The first-order valence-corrected chi connectivity index (χ1v) is 4.15. The van der Waals surface area contributed by atoms with Crippen molar-refractivity contribution in [3.05, 3.63) is 36.5 Å². The van der Waals surface area contributed by atoms with E-state index in [1.807, 2.05) is 6.07 Å². The molecule has 0 aliphatic rings. The quantitative estimate of drug-likeness (QED) is 0.570. The number of hydrogen-bond donors (Lipinski definition) is 1. The third-order valence-electron chi connectivity index (χ3n) is 1.79. The predicted molar refractivity (Wildman–Crippen MR) is 58.7 cm³/mol. The van der Waals surface area contributed by atoms with Crippen LogP contribution in [0, 0.1) is 0 Å². The molecular formula is C11H13N2O+. The molecule has 3 nitrogen and oxygen atoms in total. The van der Waals surface area contributed by atoms with Crippen LogP contribution in [0.5, 0.6) is 5.75 Å². The van der Waals surface area contributed by atoms with Crippen LogP contribution in [-0.4, -0.2) is 29.7 Å². The van der Waals surface area contributed by atoms with Gasteiger partial charge in [0, 0.05) is 6.07 Å². The fourth-order valence-corrected chi connectivity index (χ4v) is 1.05. The van der Waals surface area contributed by atoms with Gasteiger partial charge in [-0.05, 0) is 12.8 Å². The minimum absolute atomic E-state index is 0.216. The lowest BCUT2D eigenvalue weighted by Gasteiger charge is -2.00. The van der Waals surface area contributed by atoms with Crippen molar-refractivity contribution in [2.24, 2.45) is 4.99 Å². The van der Waals surface area contributed by atoms with Gasteiger partial charge in [0.1, 0.15) is 12.5 Å². The lowest BCUT2D eigenvalue weighted by Crippen LogP contribution is -2.05. The number of phenols is 1. The summed E-state index contributed by atoms with van der Waals surface area (Å²) in [5, 5.41) is 9.24. The molecule has 0 unspecified atom stereocenters. The second kappa shape index (κ2) is 4.37. The molecule has 0 saturated heterocycles. The summed E-state index contributed by atoms with van der Waals surface area (Å²) in [5.41, 5.74) is 1.46. The van der Waals surface area contributed by atoms with Crippen LogP contribution in [0.3, 0.4) is 0 Å². The molecule has 0 aliphatic heterocycles. The van der Waals surface area contributed by atoms with E-state index < -0.39 is 0 Å². The molecule has 0 radical (unpaired) electrons. The smallest absolute Gasteiger partial charge is 0.208 e. The zero-order valence-corrected chi connectivity index (χ0v) is 7.98. The summed E-state index contributed by atoms with van der Waals surface area (Å²) in [6.07, 6.45) is 0. The molecule has 14 heavy (non-hydrogen) atoms. The minimum atomic E-state index is 0.216. The topological polar surface area (TPSA) is 35.6 Å². The number of nitrogens with zero attached hydrogens (tertiary/aromatic N) is 2. The summed E-state index contributed by atoms with van der Waals surface area (Å²) in [4.78, 5) is 3.69. The van der Waals surface area contributed by atoms with Crippen molar-refractivity contribution in [2.75, 3.05) is 6.54 Å². The highest BCUT2D eigenvalue weighted by Gasteiger charge is 2.07. The van der Waals surface area contributed by atoms with Crippen molar-refractivity contribution in [3.8, 4) is 5.75 Å². The van der Waals surface area contributed by atoms with Crippen molar-refractivity contribution in [1.29, 1.82) is 0 Å². The highest BCUT2D eigenvalue weighted by molar-refractivity contribution is 5.40. The molecule has 0 heterocycles. The fourth-order valence-electron chi connectivity index (χ4n) is 1.05. The Bertz CT molecular complexity index is 383. The minimum Gasteiger partial charge on any atom is -0.508 e. The van der Waals surface area contributed by atoms with E-state index in [0.717, 1.165) is 5.69 Å². The van der Waals surface area contributed by atoms with E-state index in [-0.39, 0.29) is 5.75 Å². The molecule has 0 saturated carbocycles. The first kappa shape index (κ1) is 10.2. The lowest BCUT2D eigenvalue weighted by atomic mass is 10.3. The number of aromatic hydroxyl groups is 1. The second-order valence-corrected chi connectivity index (χ2v) is 2.94. The van der Waals surface area contributed by atoms with Crippen LogP contribution < -0.4 is 0 Å². The Kier molecular flexibility index (Phi) is 3.18. The molecule has 0 spiro atoms. The zero-order valence-electron chi connectivity index (χ0n) is 7.98. The molecule has 0 aromatic heterocycles. The fraction of sp³-hybridized carbons (Fsp3) is 0.0909. The Morgan fingerprint density at radius 2 is 2.21 bits per heavy atom. The molecule has 0 atom stereocenters. The van der Waals surface area contributed by atoms with Gasteiger partial charge in [-0.1, -0.05) is 12.6 Å². The van der Waals surface area contributed by atoms with Gasteiger partial charge in [-0.3, -0.25) is 4.99 Å². The van der Waals surface area contributed by atoms with Crippen LogP contribution in [0.4, 0.5) is 5.69 Å². The molecule has 3 heteroatoms. The van der Waals surface area contributed by atoms with Crippen molar-refractivity contribution in [1.82, 2.24) is 0 Å². The average Bonchev–Trinajstić information content (AvgIpc) is 2.17. The third kappa shape index (κ3) is 2.55. The first-order valence-electron chi connectivity index (χ1n) is 4.15. The highest BCUT2D eigenvalue weighted by Crippen LogP contribution is 2.18. The summed E-state index contributed by atoms with van der Waals surface area (Å²) in [7, 11) is 0. The molecule has 1 aromatic carbocycles. The Morgan fingerprint density at radius 1 is 1.50 bits per heavy atom. The molecule has 0 amide bonds. The van der Waals surface area contributed by atoms with Crippen LogP contribution in [0.2, 0.25) is 0 Å². The molecule has 0 fully saturated rings. The Balaban J connectivity index is 2.79. The van der Waals surface area contributed by atoms with E-state index in [9.17, 15) is 5.11 Å². The van der Waals surface area contributed by atoms with Crippen LogP contribution in [0.15, 0.2) is 41.5 Å². The van der Waals surface area contributed by atoms with Gasteiger partial charge in [0.05, 0.1) is 11.8 Å². The number of phenolic OH excluding ortho intramolecular Hbond substituents is 1. The highest BCUT2D eigenvalue weighted by atomic mass is 16.3. The summed E-state index contributed by atoms with van der Waals surface area (Å²) in [6.45, 7) is 11.4. The monoisotopic (exact) mass is 189 g/mol. The maximum atomic E-state index is 9.24. The summed E-state index contributed by atoms with van der Waals surface area (Å²) >= 11 is 0. The number of hydrogen-bond acceptors (Lipinski definition) is 2. The lowest BCUT2D eigenvalue weighted by molar-refractivity contribution is -0.421. The van der Waals surface area contributed by atoms with Gasteiger partial charge in [0.25, 0.3) is 0 Å². The molecular weight excluding hydrogens is 176 g/mol. The van der Waals surface area contributed by atoms with E-state index >= 15 is 0 Å². The maximum Gasteiger partial charge on any atom is 0.208 e. The van der Waals surface area contributed by atoms with Gasteiger partial charge >= 0.3 is 0 Å². The largest absolute Gasteiger partial charge is 0.508 e. The van der Waals surface area contributed by atoms with Crippen LogP contribution in [0.1, 0.15) is 0 Å². The van der Waals surface area contributed by atoms with Gasteiger partial charge in [-0.25, -0.2) is 0 Å². The van der Waals surface area contributed by atoms with Gasteiger partial charge in [0.15, 0.2) is 6.54 Å². The van der Waals surface area contributed by atoms with Crippen molar-refractivity contribution < 1.29 is 9.68 Å². The normalized spacial score (nSPS) is 9.43. The average molecular weight is 189 g/mol. The number of aliphatic imine (C=N–C) groups is 1. The molecule has 0 bridgehead atoms. The molecule has 0 aliphatic carbocycles. The number of benzene rings is 1. The predicted octanol–water partition coefficient (Wildman–Crippen LogP) is 1.95. The van der Waals surface area contributed by atoms with Crippen molar-refractivity contribution >= 4 is 19.1 Å². The molecule has 1 rings (SSSR count). The number of rotatable bonds is 4. The van der Waals surface area contributed by atoms with Gasteiger partial charge in [0.2, 0.25) is 5.69 Å². The Labute approximate surface area is 83.4 Å². The van der Waals surface area contributed by atoms with Crippen LogP contribution >= 0.6 is 0 Å². The van der Waals surface area contributed by atoms with Crippen molar-refractivity contribution in [2.45, 2.75) is 0 Å². The molecule has 1 aromatic rings. The summed E-state index contributed by atoms with van der Waals surface area (Å²) in [5.74, 6) is 0.216. The second-order valence-electron chi connectivity index (χ2n) is 2.94. The van der Waals surface area contributed by atoms with E-state index in [2.05, 4.69) is 25.0 Å². The van der Waals surface area contributed by atoms with E-state index in [4.69, 9.17) is 0 Å². The van der Waals surface area contributed by atoms with Gasteiger partial charge in [-0.2, -0.15) is 4.58 Å². The maximum absolute atomic E-state index is 9.24. The standard InChI is InChI=1S/C11H12N2O/c1-9(12-2)8-13(3)10-5-4-6-11(14)7-10/h4-7H,1-3,8H2/p+1. The third-order valence-corrected chi connectivity index (χ3v) is 1.79. The van der Waals surface area contributed by atoms with Crippen LogP contribution in [-0.2, 0) is 0 Å². The van der Waals surface area contributed by atoms with E-state index in [0.29, 0.717) is 12.2 Å². The zero-order chi connectivity index (χ0) is 10.6. The Morgan fingerprint density at radius 3 is 2.79 bits per heavy atom. The van der Waals surface area contributed by atoms with Gasteiger partial charge in [-0.15, -0.1) is 0 Å².